The average Bonchev–Trinajstić information content (AvgIpc) is 3.29. The number of benzene rings is 1. The lowest BCUT2D eigenvalue weighted by molar-refractivity contribution is -0.152. The van der Waals surface area contributed by atoms with Crippen molar-refractivity contribution in [3.63, 3.8) is 0 Å². The molecule has 6 nitrogen and oxygen atoms in total. The van der Waals surface area contributed by atoms with Gasteiger partial charge in [0.25, 0.3) is 0 Å². The summed E-state index contributed by atoms with van der Waals surface area (Å²) in [6, 6.07) is 9.75. The smallest absolute Gasteiger partial charge is 0.321 e. The zero-order valence-corrected chi connectivity index (χ0v) is 14.1. The van der Waals surface area contributed by atoms with Gasteiger partial charge in [-0.25, -0.2) is 0 Å². The van der Waals surface area contributed by atoms with Crippen LogP contribution in [0.3, 0.4) is 0 Å². The van der Waals surface area contributed by atoms with E-state index in [9.17, 15) is 9.59 Å². The first-order valence-corrected chi connectivity index (χ1v) is 8.06. The molecule has 1 N–H and O–H groups in total. The Kier molecular flexibility index (Phi) is 4.13. The number of amides is 1. The summed E-state index contributed by atoms with van der Waals surface area (Å²) < 4.78 is 6.64. The van der Waals surface area contributed by atoms with Crippen LogP contribution in [0.2, 0.25) is 0 Å². The van der Waals surface area contributed by atoms with Gasteiger partial charge in [-0.15, -0.1) is 0 Å². The molecule has 0 aliphatic heterocycles. The number of hydrogen-bond acceptors (Lipinski definition) is 4. The van der Waals surface area contributed by atoms with Crippen molar-refractivity contribution in [3.05, 3.63) is 35.9 Å². The van der Waals surface area contributed by atoms with Gasteiger partial charge in [-0.2, -0.15) is 5.10 Å². The minimum absolute atomic E-state index is 0.275. The largest absolute Gasteiger partial charge is 0.465 e. The Hall–Kier alpha value is -2.63. The first kappa shape index (κ1) is 16.2. The van der Waals surface area contributed by atoms with Crippen molar-refractivity contribution >= 4 is 17.7 Å². The van der Waals surface area contributed by atoms with Crippen LogP contribution in [0.15, 0.2) is 30.3 Å². The predicted molar refractivity (Wildman–Crippen MR) is 90.3 cm³/mol. The highest BCUT2D eigenvalue weighted by Gasteiger charge is 2.58. The Balaban J connectivity index is 1.81. The van der Waals surface area contributed by atoms with Gasteiger partial charge in [0.2, 0.25) is 5.91 Å². The van der Waals surface area contributed by atoms with Crippen LogP contribution in [0.25, 0.3) is 11.3 Å². The van der Waals surface area contributed by atoms with E-state index in [1.54, 1.807) is 18.7 Å². The molecule has 0 spiro atoms. The molecule has 0 saturated heterocycles. The van der Waals surface area contributed by atoms with Gasteiger partial charge in [0.1, 0.15) is 11.2 Å². The van der Waals surface area contributed by atoms with Crippen LogP contribution in [0.1, 0.15) is 25.3 Å². The third-order valence-electron chi connectivity index (χ3n) is 4.39. The maximum absolute atomic E-state index is 12.5. The van der Waals surface area contributed by atoms with Gasteiger partial charge in [-0.05, 0) is 32.3 Å². The topological polar surface area (TPSA) is 73.2 Å². The number of rotatable bonds is 5. The summed E-state index contributed by atoms with van der Waals surface area (Å²) in [4.78, 5) is 24.5. The Morgan fingerprint density at radius 3 is 2.67 bits per heavy atom. The molecule has 1 aliphatic rings. The number of ether oxygens (including phenoxy) is 1. The molecular formula is C18H21N3O3. The van der Waals surface area contributed by atoms with Gasteiger partial charge in [-0.1, -0.05) is 24.3 Å². The molecule has 6 heteroatoms. The fraction of sp³-hybridized carbons (Fsp3) is 0.389. The molecule has 3 rings (SSSR count). The summed E-state index contributed by atoms with van der Waals surface area (Å²) in [6.45, 7) is 4.03. The quantitative estimate of drug-likeness (QED) is 0.677. The fourth-order valence-corrected chi connectivity index (χ4v) is 2.73. The molecule has 126 valence electrons. The number of nitrogens with zero attached hydrogens (tertiary/aromatic N) is 2. The Bertz CT molecular complexity index is 791. The van der Waals surface area contributed by atoms with Gasteiger partial charge >= 0.3 is 5.97 Å². The van der Waals surface area contributed by atoms with E-state index in [-0.39, 0.29) is 12.5 Å². The molecule has 0 unspecified atom stereocenters. The molecule has 2 aromatic rings. The summed E-state index contributed by atoms with van der Waals surface area (Å²) in [6.07, 6.45) is 1.06. The summed E-state index contributed by atoms with van der Waals surface area (Å²) in [7, 11) is 1.77. The SMILES string of the molecule is CCOC(=O)C1(C(=O)Nc2cc(-c3ccccc3C)nn2C)CC1. The highest BCUT2D eigenvalue weighted by Crippen LogP contribution is 2.47. The number of aryl methyl sites for hydroxylation is 2. The molecule has 24 heavy (non-hydrogen) atoms. The molecule has 0 atom stereocenters. The molecular weight excluding hydrogens is 306 g/mol. The van der Waals surface area contributed by atoms with Crippen molar-refractivity contribution in [2.75, 3.05) is 11.9 Å². The number of anilines is 1. The van der Waals surface area contributed by atoms with E-state index in [0.29, 0.717) is 18.7 Å². The van der Waals surface area contributed by atoms with Crippen LogP contribution < -0.4 is 5.32 Å². The van der Waals surface area contributed by atoms with Gasteiger partial charge in [0, 0.05) is 18.7 Å². The van der Waals surface area contributed by atoms with Crippen molar-refractivity contribution in [2.45, 2.75) is 26.7 Å². The van der Waals surface area contributed by atoms with E-state index in [1.165, 1.54) is 0 Å². The monoisotopic (exact) mass is 327 g/mol. The standard InChI is InChI=1S/C18H21N3O3/c1-4-24-17(23)18(9-10-18)16(22)19-15-11-14(20-21(15)3)13-8-6-5-7-12(13)2/h5-8,11H,4,9-10H2,1-3H3,(H,19,22). The van der Waals surface area contributed by atoms with Crippen molar-refractivity contribution in [1.82, 2.24) is 9.78 Å². The van der Waals surface area contributed by atoms with E-state index < -0.39 is 11.4 Å². The Labute approximate surface area is 140 Å². The number of aromatic nitrogens is 2. The third kappa shape index (κ3) is 2.79. The van der Waals surface area contributed by atoms with Crippen LogP contribution in [0.5, 0.6) is 0 Å². The molecule has 1 aromatic heterocycles. The maximum Gasteiger partial charge on any atom is 0.321 e. The molecule has 1 aromatic carbocycles. The van der Waals surface area contributed by atoms with Crippen molar-refractivity contribution in [2.24, 2.45) is 12.5 Å². The minimum atomic E-state index is -1.02. The lowest BCUT2D eigenvalue weighted by atomic mass is 10.1. The summed E-state index contributed by atoms with van der Waals surface area (Å²) in [5.41, 5.74) is 1.88. The average molecular weight is 327 g/mol. The fourth-order valence-electron chi connectivity index (χ4n) is 2.73. The van der Waals surface area contributed by atoms with Crippen LogP contribution in [0.4, 0.5) is 5.82 Å². The van der Waals surface area contributed by atoms with Gasteiger partial charge < -0.3 is 10.1 Å². The van der Waals surface area contributed by atoms with Crippen molar-refractivity contribution in [3.8, 4) is 11.3 Å². The van der Waals surface area contributed by atoms with E-state index in [2.05, 4.69) is 10.4 Å². The number of hydrogen-bond donors (Lipinski definition) is 1. The first-order valence-electron chi connectivity index (χ1n) is 8.06. The Morgan fingerprint density at radius 2 is 2.04 bits per heavy atom. The molecule has 0 bridgehead atoms. The molecule has 1 saturated carbocycles. The zero-order valence-electron chi connectivity index (χ0n) is 14.1. The van der Waals surface area contributed by atoms with Gasteiger partial charge in [0.15, 0.2) is 0 Å². The second-order valence-electron chi connectivity index (χ2n) is 6.11. The third-order valence-corrected chi connectivity index (χ3v) is 4.39. The second-order valence-corrected chi connectivity index (χ2v) is 6.11. The molecule has 0 radical (unpaired) electrons. The molecule has 1 fully saturated rings. The number of nitrogens with one attached hydrogen (secondary N) is 1. The zero-order chi connectivity index (χ0) is 17.3. The summed E-state index contributed by atoms with van der Waals surface area (Å²) in [5.74, 6) is -0.196. The normalized spacial score (nSPS) is 15.0. The predicted octanol–water partition coefficient (Wildman–Crippen LogP) is 2.68. The lowest BCUT2D eigenvalue weighted by Gasteiger charge is -2.13. The Morgan fingerprint density at radius 1 is 1.33 bits per heavy atom. The minimum Gasteiger partial charge on any atom is -0.465 e. The molecule has 1 amide bonds. The summed E-state index contributed by atoms with van der Waals surface area (Å²) in [5, 5.41) is 7.29. The second kappa shape index (κ2) is 6.11. The van der Waals surface area contributed by atoms with Crippen LogP contribution in [-0.4, -0.2) is 28.3 Å². The summed E-state index contributed by atoms with van der Waals surface area (Å²) >= 11 is 0. The van der Waals surface area contributed by atoms with E-state index in [4.69, 9.17) is 4.74 Å². The van der Waals surface area contributed by atoms with Crippen molar-refractivity contribution < 1.29 is 14.3 Å². The van der Waals surface area contributed by atoms with Crippen LogP contribution in [-0.2, 0) is 21.4 Å². The van der Waals surface area contributed by atoms with Crippen LogP contribution >= 0.6 is 0 Å². The molecule has 1 aliphatic carbocycles. The van der Waals surface area contributed by atoms with Gasteiger partial charge in [0.05, 0.1) is 12.3 Å². The molecule has 1 heterocycles. The number of esters is 1. The van der Waals surface area contributed by atoms with E-state index >= 15 is 0 Å². The number of carbonyl (C=O) groups excluding carboxylic acids is 2. The van der Waals surface area contributed by atoms with Crippen molar-refractivity contribution in [1.29, 1.82) is 0 Å². The van der Waals surface area contributed by atoms with Crippen LogP contribution in [0, 0.1) is 12.3 Å². The number of carbonyl (C=O) groups is 2. The van der Waals surface area contributed by atoms with Gasteiger partial charge in [-0.3, -0.25) is 14.3 Å². The highest BCUT2D eigenvalue weighted by molar-refractivity contribution is 6.11. The van der Waals surface area contributed by atoms with E-state index in [0.717, 1.165) is 16.8 Å². The lowest BCUT2D eigenvalue weighted by Crippen LogP contribution is -2.33. The maximum atomic E-state index is 12.5. The first-order chi connectivity index (χ1) is 11.5. The highest BCUT2D eigenvalue weighted by atomic mass is 16.5. The van der Waals surface area contributed by atoms with E-state index in [1.807, 2.05) is 37.3 Å².